The highest BCUT2D eigenvalue weighted by atomic mass is 16.5. The number of carbonyl (C=O) groups is 2. The number of aromatic carboxylic acids is 1. The molecule has 0 bridgehead atoms. The third kappa shape index (κ3) is 7.35. The van der Waals surface area contributed by atoms with E-state index in [4.69, 9.17) is 9.84 Å². The number of hydrogen-bond donors (Lipinski definition) is 2. The van der Waals surface area contributed by atoms with Crippen LogP contribution in [-0.2, 0) is 17.8 Å². The van der Waals surface area contributed by atoms with Crippen LogP contribution in [0.15, 0.2) is 79.0 Å². The summed E-state index contributed by atoms with van der Waals surface area (Å²) in [6.07, 6.45) is 10.3. The molecule has 38 heavy (non-hydrogen) atoms. The molecule has 1 heterocycles. The molecule has 0 aliphatic heterocycles. The first-order chi connectivity index (χ1) is 18.5. The molecular weight excluding hydrogens is 478 g/mol. The van der Waals surface area contributed by atoms with Crippen LogP contribution in [0.25, 0.3) is 23.1 Å². The maximum atomic E-state index is 11.9. The molecule has 1 aromatic heterocycles. The maximum Gasteiger partial charge on any atom is 0.337 e. The van der Waals surface area contributed by atoms with Crippen molar-refractivity contribution < 1.29 is 24.5 Å². The molecule has 6 nitrogen and oxygen atoms in total. The van der Waals surface area contributed by atoms with Crippen LogP contribution in [0.1, 0.15) is 59.2 Å². The Bertz CT molecular complexity index is 1390. The van der Waals surface area contributed by atoms with Crippen LogP contribution in [0, 0.1) is 0 Å². The van der Waals surface area contributed by atoms with Crippen LogP contribution in [0.2, 0.25) is 0 Å². The van der Waals surface area contributed by atoms with E-state index in [0.717, 1.165) is 48.1 Å². The Hall–Kier alpha value is -4.32. The number of aryl methyl sites for hydroxylation is 2. The number of aromatic nitrogens is 1. The zero-order valence-electron chi connectivity index (χ0n) is 21.4. The fourth-order valence-electron chi connectivity index (χ4n) is 4.57. The second-order valence-corrected chi connectivity index (χ2v) is 9.33. The lowest BCUT2D eigenvalue weighted by molar-refractivity contribution is -0.137. The number of carboxylic acids is 2. The Balaban J connectivity index is 1.34. The zero-order chi connectivity index (χ0) is 26.7. The van der Waals surface area contributed by atoms with Crippen molar-refractivity contribution >= 4 is 35.0 Å². The van der Waals surface area contributed by atoms with Gasteiger partial charge >= 0.3 is 11.9 Å². The van der Waals surface area contributed by atoms with Crippen molar-refractivity contribution in [3.63, 3.8) is 0 Å². The van der Waals surface area contributed by atoms with E-state index < -0.39 is 11.9 Å². The second-order valence-electron chi connectivity index (χ2n) is 9.33. The van der Waals surface area contributed by atoms with Gasteiger partial charge in [0, 0.05) is 30.1 Å². The van der Waals surface area contributed by atoms with Crippen LogP contribution in [-0.4, -0.2) is 33.3 Å². The highest BCUT2D eigenvalue weighted by Crippen LogP contribution is 2.28. The molecular formula is C32H33NO5. The number of fused-ring (bicyclic) bond motifs is 1. The monoisotopic (exact) mass is 511 g/mol. The lowest BCUT2D eigenvalue weighted by Crippen LogP contribution is -2.01. The normalized spacial score (nSPS) is 11.3. The van der Waals surface area contributed by atoms with Crippen molar-refractivity contribution in [2.24, 2.45) is 0 Å². The summed E-state index contributed by atoms with van der Waals surface area (Å²) in [5.41, 5.74) is 4.15. The summed E-state index contributed by atoms with van der Waals surface area (Å²) in [5, 5.41) is 19.4. The van der Waals surface area contributed by atoms with Gasteiger partial charge in [-0.15, -0.1) is 0 Å². The summed E-state index contributed by atoms with van der Waals surface area (Å²) in [6, 6.07) is 24.0. The second kappa shape index (κ2) is 13.3. The van der Waals surface area contributed by atoms with E-state index in [1.54, 1.807) is 6.20 Å². The van der Waals surface area contributed by atoms with Gasteiger partial charge in [0.2, 0.25) is 0 Å². The lowest BCUT2D eigenvalue weighted by Gasteiger charge is -2.07. The summed E-state index contributed by atoms with van der Waals surface area (Å²) >= 11 is 0. The minimum Gasteiger partial charge on any atom is -0.494 e. The largest absolute Gasteiger partial charge is 0.494 e. The van der Waals surface area contributed by atoms with Gasteiger partial charge in [0.1, 0.15) is 5.75 Å². The number of nitrogens with zero attached hydrogens (tertiary/aromatic N) is 1. The van der Waals surface area contributed by atoms with Crippen LogP contribution in [0.5, 0.6) is 5.75 Å². The third-order valence-corrected chi connectivity index (χ3v) is 6.52. The molecule has 196 valence electrons. The first kappa shape index (κ1) is 26.7. The quantitative estimate of drug-likeness (QED) is 0.138. The van der Waals surface area contributed by atoms with Crippen LogP contribution >= 0.6 is 0 Å². The molecule has 0 unspecified atom stereocenters. The number of hydrogen-bond acceptors (Lipinski definition) is 3. The van der Waals surface area contributed by atoms with Crippen molar-refractivity contribution in [3.05, 3.63) is 101 Å². The van der Waals surface area contributed by atoms with Crippen LogP contribution in [0.4, 0.5) is 0 Å². The fraction of sp³-hybridized carbons (Fsp3) is 0.250. The van der Waals surface area contributed by atoms with Crippen molar-refractivity contribution in [1.29, 1.82) is 0 Å². The Labute approximate surface area is 222 Å². The third-order valence-electron chi connectivity index (χ3n) is 6.52. The van der Waals surface area contributed by atoms with E-state index in [1.807, 2.05) is 65.3 Å². The van der Waals surface area contributed by atoms with Crippen molar-refractivity contribution in [2.45, 2.75) is 45.1 Å². The fourth-order valence-corrected chi connectivity index (χ4v) is 4.57. The highest BCUT2D eigenvalue weighted by Gasteiger charge is 2.16. The average Bonchev–Trinajstić information content (AvgIpc) is 3.30. The molecule has 6 heteroatoms. The Kier molecular flexibility index (Phi) is 9.35. The molecule has 0 spiro atoms. The lowest BCUT2D eigenvalue weighted by atomic mass is 10.0. The van der Waals surface area contributed by atoms with Gasteiger partial charge in [0.25, 0.3) is 0 Å². The number of aliphatic carboxylic acids is 1. The first-order valence-corrected chi connectivity index (χ1v) is 13.0. The van der Waals surface area contributed by atoms with E-state index in [0.29, 0.717) is 25.0 Å². The minimum atomic E-state index is -1.01. The molecule has 0 aliphatic rings. The molecule has 0 saturated carbocycles. The summed E-state index contributed by atoms with van der Waals surface area (Å²) < 4.78 is 7.72. The molecule has 0 amide bonds. The van der Waals surface area contributed by atoms with Gasteiger partial charge in [-0.25, -0.2) is 4.79 Å². The number of unbranched alkanes of at least 4 members (excludes halogenated alkanes) is 2. The van der Waals surface area contributed by atoms with Gasteiger partial charge in [-0.1, -0.05) is 66.7 Å². The molecule has 4 rings (SSSR count). The minimum absolute atomic E-state index is 0.0373. The molecule has 3 aromatic carbocycles. The number of rotatable bonds is 14. The van der Waals surface area contributed by atoms with Crippen LogP contribution < -0.4 is 4.74 Å². The first-order valence-electron chi connectivity index (χ1n) is 13.0. The van der Waals surface area contributed by atoms with Gasteiger partial charge in [-0.2, -0.15) is 0 Å². The molecule has 0 atom stereocenters. The van der Waals surface area contributed by atoms with Crippen molar-refractivity contribution in [1.82, 2.24) is 4.57 Å². The zero-order valence-corrected chi connectivity index (χ0v) is 21.4. The number of carboxylic acid groups (broad SMARTS) is 2. The molecule has 0 fully saturated rings. The van der Waals surface area contributed by atoms with E-state index in [9.17, 15) is 14.7 Å². The van der Waals surface area contributed by atoms with Crippen LogP contribution in [0.3, 0.4) is 0 Å². The molecule has 4 aromatic rings. The molecule has 0 radical (unpaired) electrons. The van der Waals surface area contributed by atoms with Gasteiger partial charge in [-0.05, 0) is 67.0 Å². The average molecular weight is 512 g/mol. The summed E-state index contributed by atoms with van der Waals surface area (Å²) in [5.74, 6) is -1.04. The molecule has 2 N–H and O–H groups in total. The van der Waals surface area contributed by atoms with E-state index >= 15 is 0 Å². The van der Waals surface area contributed by atoms with Crippen molar-refractivity contribution in [2.75, 3.05) is 6.61 Å². The van der Waals surface area contributed by atoms with Gasteiger partial charge in [-0.3, -0.25) is 4.79 Å². The summed E-state index contributed by atoms with van der Waals surface area (Å²) in [6.45, 7) is 1.13. The summed E-state index contributed by atoms with van der Waals surface area (Å²) in [7, 11) is 0. The van der Waals surface area contributed by atoms with Crippen molar-refractivity contribution in [3.8, 4) is 5.75 Å². The highest BCUT2D eigenvalue weighted by molar-refractivity contribution is 6.07. The standard InChI is InChI=1S/C32H33NO5/c34-30(35)14-8-21-33-23-28(32(36)37)31-26(12-7-13-29(31)33)18-15-25-16-19-27(20-17-25)38-22-6-2-5-11-24-9-3-1-4-10-24/h1,3-4,7,9-10,12-13,15-20,23H,2,5-6,8,11,14,21-22H2,(H,34,35)(H,36,37). The topological polar surface area (TPSA) is 88.8 Å². The Morgan fingerprint density at radius 3 is 2.34 bits per heavy atom. The van der Waals surface area contributed by atoms with E-state index in [1.165, 1.54) is 5.56 Å². The van der Waals surface area contributed by atoms with Gasteiger partial charge < -0.3 is 19.5 Å². The van der Waals surface area contributed by atoms with E-state index in [2.05, 4.69) is 24.3 Å². The summed E-state index contributed by atoms with van der Waals surface area (Å²) in [4.78, 5) is 22.8. The predicted molar refractivity (Wildman–Crippen MR) is 151 cm³/mol. The molecule has 0 saturated heterocycles. The molecule has 0 aliphatic carbocycles. The Morgan fingerprint density at radius 1 is 0.816 bits per heavy atom. The van der Waals surface area contributed by atoms with E-state index in [-0.39, 0.29) is 12.0 Å². The number of benzene rings is 3. The van der Waals surface area contributed by atoms with Gasteiger partial charge in [0.15, 0.2) is 0 Å². The van der Waals surface area contributed by atoms with Gasteiger partial charge in [0.05, 0.1) is 12.2 Å². The predicted octanol–water partition coefficient (Wildman–Crippen LogP) is 7.17. The Morgan fingerprint density at radius 2 is 1.61 bits per heavy atom. The number of ether oxygens (including phenoxy) is 1. The smallest absolute Gasteiger partial charge is 0.337 e. The SMILES string of the molecule is O=C(O)CCCn1cc(C(=O)O)c2c(C=Cc3ccc(OCCCCCc4ccccc4)cc3)cccc21. The maximum absolute atomic E-state index is 11.9.